The molecule has 1 rings (SSSR count). The summed E-state index contributed by atoms with van der Waals surface area (Å²) in [7, 11) is 0. The van der Waals surface area contributed by atoms with Crippen LogP contribution in [0.4, 0.5) is 8.78 Å². The number of nitrogens with one attached hydrogen (secondary N) is 1. The second-order valence-electron chi connectivity index (χ2n) is 4.92. The van der Waals surface area contributed by atoms with Crippen molar-refractivity contribution in [1.29, 1.82) is 0 Å². The lowest BCUT2D eigenvalue weighted by atomic mass is 9.94. The Morgan fingerprint density at radius 3 is 2.28 bits per heavy atom. The van der Waals surface area contributed by atoms with Crippen molar-refractivity contribution in [2.45, 2.75) is 52.6 Å². The summed E-state index contributed by atoms with van der Waals surface area (Å²) in [6.07, 6.45) is 2.17. The number of rotatable bonds is 6. The van der Waals surface area contributed by atoms with Crippen molar-refractivity contribution in [1.82, 2.24) is 5.32 Å². The zero-order chi connectivity index (χ0) is 13.7. The van der Waals surface area contributed by atoms with Crippen LogP contribution in [0.25, 0.3) is 0 Å². The molecule has 0 saturated heterocycles. The summed E-state index contributed by atoms with van der Waals surface area (Å²) in [5, 5.41) is 3.36. The molecule has 0 spiro atoms. The van der Waals surface area contributed by atoms with E-state index in [1.54, 1.807) is 0 Å². The van der Waals surface area contributed by atoms with E-state index in [9.17, 15) is 8.78 Å². The number of halogens is 2. The van der Waals surface area contributed by atoms with Crippen LogP contribution < -0.4 is 5.32 Å². The zero-order valence-electron chi connectivity index (χ0n) is 11.6. The van der Waals surface area contributed by atoms with Crippen LogP contribution in [0.2, 0.25) is 0 Å². The lowest BCUT2D eigenvalue weighted by Crippen LogP contribution is -2.35. The summed E-state index contributed by atoms with van der Waals surface area (Å²) in [5.41, 5.74) is 0.396. The molecule has 2 atom stereocenters. The smallest absolute Gasteiger partial charge is 0.128 e. The van der Waals surface area contributed by atoms with Crippen molar-refractivity contribution >= 4 is 0 Å². The minimum atomic E-state index is -0.393. The van der Waals surface area contributed by atoms with Crippen LogP contribution >= 0.6 is 0 Å². The number of benzene rings is 1. The quantitative estimate of drug-likeness (QED) is 0.792. The molecule has 0 fully saturated rings. The molecule has 1 N–H and O–H groups in total. The normalized spacial score (nSPS) is 14.8. The molecule has 0 aliphatic rings. The molecule has 0 aromatic heterocycles. The molecule has 0 bridgehead atoms. The SMILES string of the molecule is CCC(CC)C(C)NC(C)c1cc(F)ccc1F. The first-order valence-corrected chi connectivity index (χ1v) is 6.70. The van der Waals surface area contributed by atoms with Gasteiger partial charge in [-0.05, 0) is 38.0 Å². The molecule has 0 amide bonds. The Morgan fingerprint density at radius 1 is 1.11 bits per heavy atom. The predicted octanol–water partition coefficient (Wildman–Crippen LogP) is 4.44. The van der Waals surface area contributed by atoms with Crippen molar-refractivity contribution in [3.05, 3.63) is 35.4 Å². The van der Waals surface area contributed by atoms with Crippen molar-refractivity contribution in [3.63, 3.8) is 0 Å². The van der Waals surface area contributed by atoms with Crippen LogP contribution in [0, 0.1) is 17.6 Å². The third-order valence-electron chi connectivity index (χ3n) is 3.69. The summed E-state index contributed by atoms with van der Waals surface area (Å²) >= 11 is 0. The van der Waals surface area contributed by atoms with Gasteiger partial charge in [0.2, 0.25) is 0 Å². The van der Waals surface area contributed by atoms with Gasteiger partial charge in [0.05, 0.1) is 0 Å². The molecule has 0 heterocycles. The van der Waals surface area contributed by atoms with Crippen molar-refractivity contribution in [2.75, 3.05) is 0 Å². The number of hydrogen-bond acceptors (Lipinski definition) is 1. The summed E-state index contributed by atoms with van der Waals surface area (Å²) in [4.78, 5) is 0. The molecular weight excluding hydrogens is 232 g/mol. The zero-order valence-corrected chi connectivity index (χ0v) is 11.6. The maximum Gasteiger partial charge on any atom is 0.128 e. The molecule has 3 heteroatoms. The Kier molecular flexibility index (Phi) is 5.73. The van der Waals surface area contributed by atoms with Gasteiger partial charge in [0.15, 0.2) is 0 Å². The summed E-state index contributed by atoms with van der Waals surface area (Å²) in [5.74, 6) is -0.188. The van der Waals surface area contributed by atoms with Crippen LogP contribution in [-0.2, 0) is 0 Å². The predicted molar refractivity (Wildman–Crippen MR) is 71.4 cm³/mol. The third-order valence-corrected chi connectivity index (χ3v) is 3.69. The minimum Gasteiger partial charge on any atom is -0.307 e. The van der Waals surface area contributed by atoms with E-state index < -0.39 is 5.82 Å². The first-order chi connectivity index (χ1) is 8.49. The molecule has 18 heavy (non-hydrogen) atoms. The van der Waals surface area contributed by atoms with Gasteiger partial charge in [-0.25, -0.2) is 8.78 Å². The van der Waals surface area contributed by atoms with Gasteiger partial charge in [0, 0.05) is 17.6 Å². The fourth-order valence-corrected chi connectivity index (χ4v) is 2.46. The van der Waals surface area contributed by atoms with Gasteiger partial charge in [0.25, 0.3) is 0 Å². The molecule has 1 aromatic carbocycles. The first kappa shape index (κ1) is 15.1. The van der Waals surface area contributed by atoms with Gasteiger partial charge in [-0.15, -0.1) is 0 Å². The average Bonchev–Trinajstić information content (AvgIpc) is 2.33. The van der Waals surface area contributed by atoms with Crippen LogP contribution in [0.3, 0.4) is 0 Å². The molecule has 1 aromatic rings. The van der Waals surface area contributed by atoms with Gasteiger partial charge >= 0.3 is 0 Å². The fourth-order valence-electron chi connectivity index (χ4n) is 2.46. The van der Waals surface area contributed by atoms with E-state index in [1.807, 2.05) is 6.92 Å². The molecule has 0 saturated carbocycles. The summed E-state index contributed by atoms with van der Waals surface area (Å²) < 4.78 is 26.8. The van der Waals surface area contributed by atoms with E-state index in [2.05, 4.69) is 26.1 Å². The molecule has 2 unspecified atom stereocenters. The van der Waals surface area contributed by atoms with Gasteiger partial charge < -0.3 is 5.32 Å². The highest BCUT2D eigenvalue weighted by Gasteiger charge is 2.18. The highest BCUT2D eigenvalue weighted by atomic mass is 19.1. The highest BCUT2D eigenvalue weighted by Crippen LogP contribution is 2.21. The van der Waals surface area contributed by atoms with E-state index in [1.165, 1.54) is 12.1 Å². The first-order valence-electron chi connectivity index (χ1n) is 6.70. The van der Waals surface area contributed by atoms with Crippen LogP contribution in [-0.4, -0.2) is 6.04 Å². The lowest BCUT2D eigenvalue weighted by Gasteiger charge is -2.26. The van der Waals surface area contributed by atoms with Gasteiger partial charge in [0.1, 0.15) is 11.6 Å². The largest absolute Gasteiger partial charge is 0.307 e. The van der Waals surface area contributed by atoms with Gasteiger partial charge in [-0.3, -0.25) is 0 Å². The Morgan fingerprint density at radius 2 is 1.72 bits per heavy atom. The van der Waals surface area contributed by atoms with Crippen LogP contribution in [0.1, 0.15) is 52.1 Å². The van der Waals surface area contributed by atoms with E-state index in [-0.39, 0.29) is 17.9 Å². The highest BCUT2D eigenvalue weighted by molar-refractivity contribution is 5.21. The monoisotopic (exact) mass is 255 g/mol. The molecule has 0 aliphatic carbocycles. The van der Waals surface area contributed by atoms with Crippen molar-refractivity contribution < 1.29 is 8.78 Å². The Labute approximate surface area is 109 Å². The summed E-state index contributed by atoms with van der Waals surface area (Å²) in [6, 6.07) is 3.71. The van der Waals surface area contributed by atoms with E-state index in [0.29, 0.717) is 11.5 Å². The minimum absolute atomic E-state index is 0.184. The van der Waals surface area contributed by atoms with E-state index in [0.717, 1.165) is 18.9 Å². The Hall–Kier alpha value is -0.960. The topological polar surface area (TPSA) is 12.0 Å². The molecule has 0 aliphatic heterocycles. The molecule has 102 valence electrons. The summed E-state index contributed by atoms with van der Waals surface area (Å²) in [6.45, 7) is 8.28. The number of hydrogen-bond donors (Lipinski definition) is 1. The second-order valence-corrected chi connectivity index (χ2v) is 4.92. The van der Waals surface area contributed by atoms with E-state index >= 15 is 0 Å². The van der Waals surface area contributed by atoms with Crippen LogP contribution in [0.15, 0.2) is 18.2 Å². The fraction of sp³-hybridized carbons (Fsp3) is 0.600. The molecule has 0 radical (unpaired) electrons. The van der Waals surface area contributed by atoms with Gasteiger partial charge in [-0.1, -0.05) is 26.7 Å². The van der Waals surface area contributed by atoms with Crippen molar-refractivity contribution in [3.8, 4) is 0 Å². The van der Waals surface area contributed by atoms with E-state index in [4.69, 9.17) is 0 Å². The third kappa shape index (κ3) is 3.77. The molecular formula is C15H23F2N. The van der Waals surface area contributed by atoms with Crippen molar-refractivity contribution in [2.24, 2.45) is 5.92 Å². The second kappa shape index (κ2) is 6.83. The average molecular weight is 255 g/mol. The molecule has 1 nitrogen and oxygen atoms in total. The maximum atomic E-state index is 13.6. The lowest BCUT2D eigenvalue weighted by molar-refractivity contribution is 0.326. The van der Waals surface area contributed by atoms with Crippen LogP contribution in [0.5, 0.6) is 0 Å². The Balaban J connectivity index is 2.75. The Bertz CT molecular complexity index is 375. The standard InChI is InChI=1S/C15H23F2N/c1-5-12(6-2)10(3)18-11(4)14-9-13(16)7-8-15(14)17/h7-12,18H,5-6H2,1-4H3. The van der Waals surface area contributed by atoms with Gasteiger partial charge in [-0.2, -0.15) is 0 Å². The maximum absolute atomic E-state index is 13.6.